The van der Waals surface area contributed by atoms with E-state index >= 15 is 0 Å². The van der Waals surface area contributed by atoms with Crippen molar-refractivity contribution in [2.45, 2.75) is 45.8 Å². The Bertz CT molecular complexity index is 199. The standard InChI is InChI=1S/C10H19ClOSi/c1-5-13(6-2,7-3)9(4)8-10(11)12/h8H,5-7H2,1-4H3/b9-8+. The number of halogens is 1. The van der Waals surface area contributed by atoms with Crippen LogP contribution >= 0.6 is 11.6 Å². The van der Waals surface area contributed by atoms with E-state index in [1.54, 1.807) is 6.08 Å². The maximum absolute atomic E-state index is 10.8. The molecule has 0 spiro atoms. The van der Waals surface area contributed by atoms with Crippen LogP contribution in [0.15, 0.2) is 11.3 Å². The molecule has 0 aromatic rings. The van der Waals surface area contributed by atoms with Gasteiger partial charge in [-0.1, -0.05) is 44.1 Å². The Labute approximate surface area is 87.2 Å². The Balaban J connectivity index is 4.83. The highest BCUT2D eigenvalue weighted by Gasteiger charge is 2.28. The van der Waals surface area contributed by atoms with Crippen molar-refractivity contribution < 1.29 is 4.79 Å². The zero-order chi connectivity index (χ0) is 10.5. The van der Waals surface area contributed by atoms with Gasteiger partial charge in [-0.2, -0.15) is 0 Å². The molecule has 0 heterocycles. The Morgan fingerprint density at radius 2 is 1.62 bits per heavy atom. The molecule has 0 saturated carbocycles. The fourth-order valence-electron chi connectivity index (χ4n) is 1.91. The first-order chi connectivity index (χ1) is 6.02. The molecule has 0 aliphatic carbocycles. The monoisotopic (exact) mass is 218 g/mol. The van der Waals surface area contributed by atoms with Crippen LogP contribution in [0.3, 0.4) is 0 Å². The number of hydrogen-bond donors (Lipinski definition) is 0. The molecule has 0 unspecified atom stereocenters. The van der Waals surface area contributed by atoms with Gasteiger partial charge in [-0.3, -0.25) is 4.79 Å². The van der Waals surface area contributed by atoms with Crippen molar-refractivity contribution in [3.63, 3.8) is 0 Å². The SMILES string of the molecule is CC[Si](CC)(CC)/C(C)=C/C(=O)Cl. The molecule has 0 amide bonds. The Morgan fingerprint density at radius 1 is 1.23 bits per heavy atom. The zero-order valence-electron chi connectivity index (χ0n) is 8.98. The molecule has 1 nitrogen and oxygen atoms in total. The molecule has 0 aliphatic rings. The van der Waals surface area contributed by atoms with E-state index in [-0.39, 0.29) is 5.24 Å². The number of carbonyl (C=O) groups excluding carboxylic acids is 1. The van der Waals surface area contributed by atoms with Gasteiger partial charge in [-0.25, -0.2) is 0 Å². The first-order valence-electron chi connectivity index (χ1n) is 4.90. The summed E-state index contributed by atoms with van der Waals surface area (Å²) in [5, 5.41) is 0.921. The van der Waals surface area contributed by atoms with Crippen molar-refractivity contribution in [3.05, 3.63) is 11.3 Å². The van der Waals surface area contributed by atoms with E-state index in [4.69, 9.17) is 11.6 Å². The fourth-order valence-corrected chi connectivity index (χ4v) is 5.78. The molecule has 13 heavy (non-hydrogen) atoms. The summed E-state index contributed by atoms with van der Waals surface area (Å²) in [6, 6.07) is 3.60. The summed E-state index contributed by atoms with van der Waals surface area (Å²) in [7, 11) is -1.33. The van der Waals surface area contributed by atoms with Crippen LogP contribution in [0.5, 0.6) is 0 Å². The molecular formula is C10H19ClOSi. The molecule has 0 radical (unpaired) electrons. The van der Waals surface area contributed by atoms with Crippen LogP contribution in [-0.4, -0.2) is 13.3 Å². The van der Waals surface area contributed by atoms with Crippen LogP contribution in [-0.2, 0) is 4.79 Å². The zero-order valence-corrected chi connectivity index (χ0v) is 10.7. The van der Waals surface area contributed by atoms with Gasteiger partial charge in [0.1, 0.15) is 0 Å². The molecule has 0 fully saturated rings. The van der Waals surface area contributed by atoms with Crippen LogP contribution < -0.4 is 0 Å². The summed E-state index contributed by atoms with van der Waals surface area (Å²) in [6.07, 6.45) is 1.62. The summed E-state index contributed by atoms with van der Waals surface area (Å²) in [5.41, 5.74) is 0. The van der Waals surface area contributed by atoms with Crippen molar-refractivity contribution in [3.8, 4) is 0 Å². The van der Waals surface area contributed by atoms with Crippen molar-refractivity contribution in [2.24, 2.45) is 0 Å². The van der Waals surface area contributed by atoms with Crippen LogP contribution in [0.1, 0.15) is 27.7 Å². The van der Waals surface area contributed by atoms with E-state index in [0.717, 1.165) is 0 Å². The first kappa shape index (κ1) is 12.9. The van der Waals surface area contributed by atoms with E-state index in [2.05, 4.69) is 27.7 Å². The normalized spacial score (nSPS) is 13.2. The maximum Gasteiger partial charge on any atom is 0.244 e. The third kappa shape index (κ3) is 3.28. The quantitative estimate of drug-likeness (QED) is 0.390. The smallest absolute Gasteiger partial charge is 0.244 e. The summed E-state index contributed by atoms with van der Waals surface area (Å²) in [6.45, 7) is 8.71. The first-order valence-corrected chi connectivity index (χ1v) is 7.90. The van der Waals surface area contributed by atoms with E-state index in [1.165, 1.54) is 23.3 Å². The molecule has 0 rings (SSSR count). The van der Waals surface area contributed by atoms with Gasteiger partial charge in [0.15, 0.2) is 0 Å². The van der Waals surface area contributed by atoms with E-state index in [0.29, 0.717) is 0 Å². The summed E-state index contributed by atoms with van der Waals surface area (Å²) in [4.78, 5) is 10.8. The second kappa shape index (κ2) is 5.61. The molecule has 0 atom stereocenters. The lowest BCUT2D eigenvalue weighted by Gasteiger charge is -2.28. The second-order valence-electron chi connectivity index (χ2n) is 3.47. The molecule has 0 N–H and O–H groups in total. The lowest BCUT2D eigenvalue weighted by Crippen LogP contribution is -2.33. The maximum atomic E-state index is 10.8. The number of allylic oxidation sites excluding steroid dienone is 2. The molecule has 0 bridgehead atoms. The number of carbonyl (C=O) groups is 1. The molecule has 0 aromatic heterocycles. The topological polar surface area (TPSA) is 17.1 Å². The summed E-state index contributed by atoms with van der Waals surface area (Å²) < 4.78 is 0. The lowest BCUT2D eigenvalue weighted by atomic mass is 10.5. The highest BCUT2D eigenvalue weighted by Crippen LogP contribution is 2.28. The van der Waals surface area contributed by atoms with Crippen molar-refractivity contribution in [1.82, 2.24) is 0 Å². The average molecular weight is 219 g/mol. The van der Waals surface area contributed by atoms with Crippen molar-refractivity contribution in [2.75, 3.05) is 0 Å². The van der Waals surface area contributed by atoms with Gasteiger partial charge in [0, 0.05) is 0 Å². The van der Waals surface area contributed by atoms with Gasteiger partial charge in [-0.05, 0) is 24.6 Å². The van der Waals surface area contributed by atoms with E-state index in [9.17, 15) is 4.79 Å². The number of rotatable bonds is 5. The minimum absolute atomic E-state index is 0.329. The van der Waals surface area contributed by atoms with Crippen LogP contribution in [0, 0.1) is 0 Å². The third-order valence-corrected chi connectivity index (χ3v) is 9.18. The predicted molar refractivity (Wildman–Crippen MR) is 61.8 cm³/mol. The van der Waals surface area contributed by atoms with Crippen molar-refractivity contribution in [1.29, 1.82) is 0 Å². The van der Waals surface area contributed by atoms with Gasteiger partial charge < -0.3 is 0 Å². The van der Waals surface area contributed by atoms with E-state index < -0.39 is 8.07 Å². The highest BCUT2D eigenvalue weighted by atomic mass is 35.5. The molecule has 3 heteroatoms. The van der Waals surface area contributed by atoms with E-state index in [1.807, 2.05) is 0 Å². The summed E-state index contributed by atoms with van der Waals surface area (Å²) in [5.74, 6) is 0. The van der Waals surface area contributed by atoms with Crippen LogP contribution in [0.25, 0.3) is 0 Å². The Kier molecular flexibility index (Phi) is 5.57. The van der Waals surface area contributed by atoms with Gasteiger partial charge >= 0.3 is 0 Å². The Hall–Kier alpha value is -0.0831. The molecule has 0 saturated heterocycles. The van der Waals surface area contributed by atoms with Crippen LogP contribution in [0.4, 0.5) is 0 Å². The molecule has 76 valence electrons. The molecule has 0 aromatic carbocycles. The average Bonchev–Trinajstić information content (AvgIpc) is 2.07. The van der Waals surface area contributed by atoms with Gasteiger partial charge in [-0.15, -0.1) is 0 Å². The lowest BCUT2D eigenvalue weighted by molar-refractivity contribution is -0.107. The fraction of sp³-hybridized carbons (Fsp3) is 0.700. The van der Waals surface area contributed by atoms with Crippen molar-refractivity contribution >= 4 is 24.9 Å². The Morgan fingerprint density at radius 3 is 1.85 bits per heavy atom. The van der Waals surface area contributed by atoms with Gasteiger partial charge in [0.2, 0.25) is 5.24 Å². The van der Waals surface area contributed by atoms with Gasteiger partial charge in [0.25, 0.3) is 0 Å². The third-order valence-electron chi connectivity index (χ3n) is 3.20. The summed E-state index contributed by atoms with van der Waals surface area (Å²) >= 11 is 5.36. The minimum Gasteiger partial charge on any atom is -0.276 e. The van der Waals surface area contributed by atoms with Crippen LogP contribution in [0.2, 0.25) is 18.1 Å². The minimum atomic E-state index is -1.33. The largest absolute Gasteiger partial charge is 0.276 e. The molecular weight excluding hydrogens is 200 g/mol. The predicted octanol–water partition coefficient (Wildman–Crippen LogP) is 3.75. The molecule has 0 aliphatic heterocycles. The van der Waals surface area contributed by atoms with Gasteiger partial charge in [0.05, 0.1) is 8.07 Å². The highest BCUT2D eigenvalue weighted by molar-refractivity contribution is 6.87. The second-order valence-corrected chi connectivity index (χ2v) is 9.32. The number of hydrogen-bond acceptors (Lipinski definition) is 1.